The van der Waals surface area contributed by atoms with Gasteiger partial charge in [0.2, 0.25) is 0 Å². The first-order valence-electron chi connectivity index (χ1n) is 11.2. The summed E-state index contributed by atoms with van der Waals surface area (Å²) < 4.78 is 10.9. The van der Waals surface area contributed by atoms with Gasteiger partial charge in [0.05, 0.1) is 13.2 Å². The Morgan fingerprint density at radius 3 is 1.57 bits per heavy atom. The summed E-state index contributed by atoms with van der Waals surface area (Å²) in [6.45, 7) is 8.80. The van der Waals surface area contributed by atoms with Gasteiger partial charge in [-0.05, 0) is 75.0 Å². The number of hydrogen-bond donors (Lipinski definition) is 0. The highest BCUT2D eigenvalue weighted by molar-refractivity contribution is 5.70. The van der Waals surface area contributed by atoms with Gasteiger partial charge in [-0.1, -0.05) is 25.0 Å². The van der Waals surface area contributed by atoms with Crippen molar-refractivity contribution in [2.75, 3.05) is 13.2 Å². The first kappa shape index (κ1) is 22.7. The van der Waals surface area contributed by atoms with E-state index >= 15 is 0 Å². The zero-order valence-corrected chi connectivity index (χ0v) is 17.4. The molecule has 0 saturated heterocycles. The van der Waals surface area contributed by atoms with Crippen LogP contribution >= 0.6 is 0 Å². The third-order valence-corrected chi connectivity index (χ3v) is 6.29. The molecule has 158 valence electrons. The molecule has 0 bridgehead atoms. The van der Waals surface area contributed by atoms with Crippen molar-refractivity contribution in [2.45, 2.75) is 77.0 Å². The van der Waals surface area contributed by atoms with Gasteiger partial charge in [-0.3, -0.25) is 9.59 Å². The van der Waals surface area contributed by atoms with Crippen molar-refractivity contribution >= 4 is 11.9 Å². The molecule has 2 aliphatic rings. The summed E-state index contributed by atoms with van der Waals surface area (Å²) in [4.78, 5) is 23.8. The van der Waals surface area contributed by atoms with E-state index in [0.717, 1.165) is 25.7 Å². The quantitative estimate of drug-likeness (QED) is 0.261. The van der Waals surface area contributed by atoms with Gasteiger partial charge in [0.25, 0.3) is 0 Å². The molecule has 4 nitrogen and oxygen atoms in total. The summed E-state index contributed by atoms with van der Waals surface area (Å²) in [5.41, 5.74) is 0. The second-order valence-corrected chi connectivity index (χ2v) is 8.63. The maximum atomic E-state index is 11.9. The molecule has 0 spiro atoms. The number of esters is 2. The smallest absolute Gasteiger partial charge is 0.305 e. The van der Waals surface area contributed by atoms with Crippen LogP contribution in [0.4, 0.5) is 0 Å². The maximum absolute atomic E-state index is 11.9. The molecule has 28 heavy (non-hydrogen) atoms. The lowest BCUT2D eigenvalue weighted by atomic mass is 9.82. The summed E-state index contributed by atoms with van der Waals surface area (Å²) >= 11 is 0. The Morgan fingerprint density at radius 1 is 0.750 bits per heavy atom. The molecular formula is C24H38O4. The van der Waals surface area contributed by atoms with Crippen molar-refractivity contribution in [3.05, 3.63) is 25.3 Å². The van der Waals surface area contributed by atoms with Crippen LogP contribution in [0.25, 0.3) is 0 Å². The van der Waals surface area contributed by atoms with Crippen molar-refractivity contribution < 1.29 is 19.1 Å². The minimum Gasteiger partial charge on any atom is -0.465 e. The van der Waals surface area contributed by atoms with Gasteiger partial charge in [-0.2, -0.15) is 0 Å². The first-order chi connectivity index (χ1) is 13.6. The predicted molar refractivity (Wildman–Crippen MR) is 112 cm³/mol. The number of allylic oxidation sites excluding steroid dienone is 2. The molecule has 2 saturated carbocycles. The van der Waals surface area contributed by atoms with Crippen LogP contribution in [0.3, 0.4) is 0 Å². The van der Waals surface area contributed by atoms with Crippen LogP contribution in [0.2, 0.25) is 0 Å². The number of ether oxygens (including phenoxy) is 2. The highest BCUT2D eigenvalue weighted by atomic mass is 16.5. The van der Waals surface area contributed by atoms with Gasteiger partial charge in [0.1, 0.15) is 0 Å². The molecule has 0 N–H and O–H groups in total. The van der Waals surface area contributed by atoms with Gasteiger partial charge in [-0.15, -0.1) is 13.2 Å². The van der Waals surface area contributed by atoms with Crippen molar-refractivity contribution in [3.8, 4) is 0 Å². The number of carbonyl (C=O) groups is 2. The average molecular weight is 391 g/mol. The summed E-state index contributed by atoms with van der Waals surface area (Å²) in [6.07, 6.45) is 15.4. The Hall–Kier alpha value is -1.58. The van der Waals surface area contributed by atoms with E-state index in [1.807, 2.05) is 12.2 Å². The Labute approximate surface area is 170 Å². The van der Waals surface area contributed by atoms with Crippen LogP contribution in [0.15, 0.2) is 25.3 Å². The Kier molecular flexibility index (Phi) is 10.4. The molecule has 4 atom stereocenters. The predicted octanol–water partition coefficient (Wildman–Crippen LogP) is 5.62. The Balaban J connectivity index is 1.48. The van der Waals surface area contributed by atoms with Crippen LogP contribution in [-0.4, -0.2) is 25.2 Å². The molecule has 2 fully saturated rings. The van der Waals surface area contributed by atoms with Crippen molar-refractivity contribution in [2.24, 2.45) is 23.7 Å². The van der Waals surface area contributed by atoms with Gasteiger partial charge >= 0.3 is 11.9 Å². The van der Waals surface area contributed by atoms with Crippen LogP contribution in [0.1, 0.15) is 77.0 Å². The first-order valence-corrected chi connectivity index (χ1v) is 11.2. The van der Waals surface area contributed by atoms with Gasteiger partial charge < -0.3 is 9.47 Å². The molecular weight excluding hydrogens is 352 g/mol. The van der Waals surface area contributed by atoms with Crippen molar-refractivity contribution in [1.82, 2.24) is 0 Å². The van der Waals surface area contributed by atoms with E-state index in [1.54, 1.807) is 0 Å². The summed E-state index contributed by atoms with van der Waals surface area (Å²) in [5, 5.41) is 0. The highest BCUT2D eigenvalue weighted by Gasteiger charge is 2.22. The third-order valence-electron chi connectivity index (χ3n) is 6.29. The minimum absolute atomic E-state index is 0.147. The molecule has 0 heterocycles. The molecule has 0 aromatic rings. The molecule has 4 unspecified atom stereocenters. The second kappa shape index (κ2) is 12.8. The van der Waals surface area contributed by atoms with Crippen LogP contribution in [0, 0.1) is 23.7 Å². The van der Waals surface area contributed by atoms with E-state index in [9.17, 15) is 9.59 Å². The van der Waals surface area contributed by atoms with E-state index in [2.05, 4.69) is 13.2 Å². The van der Waals surface area contributed by atoms with E-state index in [0.29, 0.717) is 62.6 Å². The molecule has 0 radical (unpaired) electrons. The van der Waals surface area contributed by atoms with E-state index in [1.165, 1.54) is 25.7 Å². The van der Waals surface area contributed by atoms with Gasteiger partial charge in [0, 0.05) is 12.8 Å². The van der Waals surface area contributed by atoms with Gasteiger partial charge in [-0.25, -0.2) is 0 Å². The zero-order valence-electron chi connectivity index (χ0n) is 17.4. The van der Waals surface area contributed by atoms with E-state index in [-0.39, 0.29) is 11.9 Å². The zero-order chi connectivity index (χ0) is 20.2. The average Bonchev–Trinajstić information content (AvgIpc) is 2.74. The molecule has 0 amide bonds. The summed E-state index contributed by atoms with van der Waals surface area (Å²) in [5.74, 6) is 1.78. The third kappa shape index (κ3) is 8.62. The summed E-state index contributed by atoms with van der Waals surface area (Å²) in [7, 11) is 0. The van der Waals surface area contributed by atoms with Crippen LogP contribution in [0.5, 0.6) is 0 Å². The number of carbonyl (C=O) groups excluding carboxylic acids is 2. The Bertz CT molecular complexity index is 467. The monoisotopic (exact) mass is 390 g/mol. The lowest BCUT2D eigenvalue weighted by Crippen LogP contribution is -2.21. The molecule has 2 rings (SSSR count). The fourth-order valence-corrected chi connectivity index (χ4v) is 4.50. The van der Waals surface area contributed by atoms with E-state index < -0.39 is 0 Å². The number of rotatable bonds is 11. The standard InChI is InChI=1S/C24H38O4/c1-3-19-9-7-11-21(15-19)17-27-23(25)13-5-6-14-24(26)28-18-22-12-8-10-20(4-2)16-22/h3-4,19-22H,1-2,5-18H2. The lowest BCUT2D eigenvalue weighted by Gasteiger charge is -2.26. The molecule has 0 aromatic carbocycles. The fraction of sp³-hybridized carbons (Fsp3) is 0.750. The van der Waals surface area contributed by atoms with Crippen molar-refractivity contribution in [1.29, 1.82) is 0 Å². The van der Waals surface area contributed by atoms with Crippen LogP contribution in [-0.2, 0) is 19.1 Å². The normalized spacial score (nSPS) is 27.6. The highest BCUT2D eigenvalue weighted by Crippen LogP contribution is 2.30. The van der Waals surface area contributed by atoms with E-state index in [4.69, 9.17) is 9.47 Å². The van der Waals surface area contributed by atoms with Crippen molar-refractivity contribution in [3.63, 3.8) is 0 Å². The number of hydrogen-bond acceptors (Lipinski definition) is 4. The number of unbranched alkanes of at least 4 members (excludes halogenated alkanes) is 1. The maximum Gasteiger partial charge on any atom is 0.305 e. The Morgan fingerprint density at radius 2 is 1.18 bits per heavy atom. The molecule has 0 aromatic heterocycles. The van der Waals surface area contributed by atoms with Crippen LogP contribution < -0.4 is 0 Å². The molecule has 0 aliphatic heterocycles. The van der Waals surface area contributed by atoms with Gasteiger partial charge in [0.15, 0.2) is 0 Å². The molecule has 4 heteroatoms. The lowest BCUT2D eigenvalue weighted by molar-refractivity contribution is -0.147. The fourth-order valence-electron chi connectivity index (χ4n) is 4.50. The summed E-state index contributed by atoms with van der Waals surface area (Å²) in [6, 6.07) is 0. The largest absolute Gasteiger partial charge is 0.465 e. The molecule has 2 aliphatic carbocycles. The SMILES string of the molecule is C=CC1CCCC(COC(=O)CCCCC(=O)OCC2CCCC(C=C)C2)C1. The minimum atomic E-state index is -0.147. The second-order valence-electron chi connectivity index (χ2n) is 8.63. The topological polar surface area (TPSA) is 52.6 Å².